The monoisotopic (exact) mass is 180 g/mol. The third-order valence-electron chi connectivity index (χ3n) is 2.79. The first-order chi connectivity index (χ1) is 6.33. The van der Waals surface area contributed by atoms with Crippen molar-refractivity contribution in [1.82, 2.24) is 0 Å². The predicted octanol–water partition coefficient (Wildman–Crippen LogP) is 2.24. The highest BCUT2D eigenvalue weighted by Crippen LogP contribution is 2.32. The van der Waals surface area contributed by atoms with Crippen molar-refractivity contribution in [3.05, 3.63) is 35.1 Å². The van der Waals surface area contributed by atoms with Crippen LogP contribution < -0.4 is 0 Å². The fourth-order valence-electron chi connectivity index (χ4n) is 2.09. The summed E-state index contributed by atoms with van der Waals surface area (Å²) in [5.74, 6) is 0.0371. The number of rotatable bonds is 1. The van der Waals surface area contributed by atoms with Crippen molar-refractivity contribution >= 4 is 0 Å². The molecular formula is C11H13FO. The van der Waals surface area contributed by atoms with Gasteiger partial charge in [0.1, 0.15) is 5.82 Å². The Hall–Kier alpha value is -0.890. The van der Waals surface area contributed by atoms with Crippen LogP contribution in [0, 0.1) is 5.82 Å². The highest BCUT2D eigenvalue weighted by atomic mass is 19.1. The molecule has 1 aromatic carbocycles. The minimum Gasteiger partial charge on any atom is -0.396 e. The third kappa shape index (κ3) is 1.46. The van der Waals surface area contributed by atoms with Crippen LogP contribution in [0.4, 0.5) is 4.39 Å². The van der Waals surface area contributed by atoms with Gasteiger partial charge in [0.15, 0.2) is 0 Å². The third-order valence-corrected chi connectivity index (χ3v) is 2.79. The Morgan fingerprint density at radius 3 is 3.08 bits per heavy atom. The Kier molecular flexibility index (Phi) is 2.32. The molecule has 70 valence electrons. The van der Waals surface area contributed by atoms with Crippen LogP contribution in [0.1, 0.15) is 29.9 Å². The van der Waals surface area contributed by atoms with Gasteiger partial charge in [-0.3, -0.25) is 0 Å². The summed E-state index contributed by atoms with van der Waals surface area (Å²) in [5.41, 5.74) is 1.82. The summed E-state index contributed by atoms with van der Waals surface area (Å²) < 4.78 is 13.3. The second-order valence-electron chi connectivity index (χ2n) is 3.58. The van der Waals surface area contributed by atoms with Gasteiger partial charge in [0.25, 0.3) is 0 Å². The largest absolute Gasteiger partial charge is 0.396 e. The summed E-state index contributed by atoms with van der Waals surface area (Å²) in [5, 5.41) is 9.11. The summed E-state index contributed by atoms with van der Waals surface area (Å²) in [6, 6.07) is 5.15. The molecule has 0 spiro atoms. The van der Waals surface area contributed by atoms with E-state index < -0.39 is 0 Å². The maximum atomic E-state index is 13.3. The number of benzene rings is 1. The normalized spacial score (nSPS) is 21.2. The Bertz CT molecular complexity index is 309. The van der Waals surface area contributed by atoms with Crippen LogP contribution in [0.3, 0.4) is 0 Å². The topological polar surface area (TPSA) is 20.2 Å². The fraction of sp³-hybridized carbons (Fsp3) is 0.455. The smallest absolute Gasteiger partial charge is 0.126 e. The zero-order chi connectivity index (χ0) is 9.26. The Morgan fingerprint density at radius 2 is 2.31 bits per heavy atom. The van der Waals surface area contributed by atoms with Gasteiger partial charge in [0.05, 0.1) is 0 Å². The predicted molar refractivity (Wildman–Crippen MR) is 49.2 cm³/mol. The lowest BCUT2D eigenvalue weighted by Crippen LogP contribution is -2.14. The molecule has 1 aromatic rings. The first-order valence-electron chi connectivity index (χ1n) is 4.71. The lowest BCUT2D eigenvalue weighted by Gasteiger charge is -2.23. The summed E-state index contributed by atoms with van der Waals surface area (Å²) in [6.07, 6.45) is 2.78. The fourth-order valence-corrected chi connectivity index (χ4v) is 2.09. The van der Waals surface area contributed by atoms with E-state index in [2.05, 4.69) is 0 Å². The van der Waals surface area contributed by atoms with Gasteiger partial charge in [0, 0.05) is 12.5 Å². The number of fused-ring (bicyclic) bond motifs is 1. The van der Waals surface area contributed by atoms with Gasteiger partial charge < -0.3 is 5.11 Å². The Balaban J connectivity index is 2.45. The van der Waals surface area contributed by atoms with Crippen molar-refractivity contribution in [2.45, 2.75) is 25.2 Å². The van der Waals surface area contributed by atoms with Crippen LogP contribution >= 0.6 is 0 Å². The molecule has 0 radical (unpaired) electrons. The number of hydrogen-bond acceptors (Lipinski definition) is 1. The molecule has 0 saturated heterocycles. The summed E-state index contributed by atoms with van der Waals surface area (Å²) in [4.78, 5) is 0. The molecule has 0 saturated carbocycles. The van der Waals surface area contributed by atoms with E-state index in [1.807, 2.05) is 6.07 Å². The van der Waals surface area contributed by atoms with Gasteiger partial charge >= 0.3 is 0 Å². The molecule has 1 aliphatic rings. The number of aliphatic hydroxyl groups is 1. The molecule has 1 unspecified atom stereocenters. The summed E-state index contributed by atoms with van der Waals surface area (Å²) in [7, 11) is 0. The van der Waals surface area contributed by atoms with E-state index in [1.165, 1.54) is 6.07 Å². The second-order valence-corrected chi connectivity index (χ2v) is 3.58. The zero-order valence-electron chi connectivity index (χ0n) is 7.46. The van der Waals surface area contributed by atoms with E-state index in [4.69, 9.17) is 5.11 Å². The highest BCUT2D eigenvalue weighted by Gasteiger charge is 2.21. The van der Waals surface area contributed by atoms with E-state index >= 15 is 0 Å². The van der Waals surface area contributed by atoms with E-state index in [9.17, 15) is 4.39 Å². The standard InChI is InChI=1S/C11H13FO/c12-11-6-2-4-9-8(7-13)3-1-5-10(9)11/h2,4,6,8,13H,1,3,5,7H2. The maximum absolute atomic E-state index is 13.3. The van der Waals surface area contributed by atoms with Gasteiger partial charge in [-0.25, -0.2) is 4.39 Å². The first-order valence-corrected chi connectivity index (χ1v) is 4.71. The molecule has 0 fully saturated rings. The first kappa shape index (κ1) is 8.70. The van der Waals surface area contributed by atoms with Gasteiger partial charge in [-0.2, -0.15) is 0 Å². The van der Waals surface area contributed by atoms with Gasteiger partial charge in [-0.15, -0.1) is 0 Å². The molecule has 0 bridgehead atoms. The molecular weight excluding hydrogens is 167 g/mol. The molecule has 1 nitrogen and oxygen atoms in total. The lowest BCUT2D eigenvalue weighted by atomic mass is 9.83. The Labute approximate surface area is 77.2 Å². The minimum absolute atomic E-state index is 0.115. The van der Waals surface area contributed by atoms with Crippen LogP contribution in [0.2, 0.25) is 0 Å². The van der Waals surface area contributed by atoms with Crippen LogP contribution in [0.5, 0.6) is 0 Å². The molecule has 13 heavy (non-hydrogen) atoms. The van der Waals surface area contributed by atoms with Crippen LogP contribution in [0.15, 0.2) is 18.2 Å². The summed E-state index contributed by atoms with van der Waals surface area (Å²) in [6.45, 7) is 0.135. The van der Waals surface area contributed by atoms with Crippen molar-refractivity contribution in [1.29, 1.82) is 0 Å². The number of aliphatic hydroxyl groups excluding tert-OH is 1. The molecule has 0 amide bonds. The molecule has 2 heteroatoms. The van der Waals surface area contributed by atoms with Crippen LogP contribution in [-0.4, -0.2) is 11.7 Å². The van der Waals surface area contributed by atoms with E-state index in [-0.39, 0.29) is 18.3 Å². The molecule has 1 N–H and O–H groups in total. The Morgan fingerprint density at radius 1 is 1.46 bits per heavy atom. The zero-order valence-corrected chi connectivity index (χ0v) is 7.46. The number of halogens is 1. The van der Waals surface area contributed by atoms with Crippen LogP contribution in [-0.2, 0) is 6.42 Å². The average Bonchev–Trinajstić information content (AvgIpc) is 2.18. The van der Waals surface area contributed by atoms with E-state index in [0.29, 0.717) is 0 Å². The minimum atomic E-state index is -0.115. The summed E-state index contributed by atoms with van der Waals surface area (Å²) >= 11 is 0. The highest BCUT2D eigenvalue weighted by molar-refractivity contribution is 5.33. The molecule has 0 heterocycles. The van der Waals surface area contributed by atoms with Crippen molar-refractivity contribution in [3.8, 4) is 0 Å². The van der Waals surface area contributed by atoms with E-state index in [0.717, 1.165) is 30.4 Å². The van der Waals surface area contributed by atoms with Crippen LogP contribution in [0.25, 0.3) is 0 Å². The molecule has 1 atom stereocenters. The molecule has 2 rings (SSSR count). The van der Waals surface area contributed by atoms with Crippen molar-refractivity contribution < 1.29 is 9.50 Å². The molecule has 0 aliphatic heterocycles. The molecule has 0 aromatic heterocycles. The van der Waals surface area contributed by atoms with Gasteiger partial charge in [-0.1, -0.05) is 12.1 Å². The average molecular weight is 180 g/mol. The van der Waals surface area contributed by atoms with Gasteiger partial charge in [-0.05, 0) is 36.5 Å². The van der Waals surface area contributed by atoms with Crippen molar-refractivity contribution in [2.75, 3.05) is 6.61 Å². The van der Waals surface area contributed by atoms with Crippen molar-refractivity contribution in [2.24, 2.45) is 0 Å². The van der Waals surface area contributed by atoms with Gasteiger partial charge in [0.2, 0.25) is 0 Å². The van der Waals surface area contributed by atoms with Crippen molar-refractivity contribution in [3.63, 3.8) is 0 Å². The lowest BCUT2D eigenvalue weighted by molar-refractivity contribution is 0.252. The second kappa shape index (κ2) is 3.46. The molecule has 1 aliphatic carbocycles. The maximum Gasteiger partial charge on any atom is 0.126 e. The number of hydrogen-bond donors (Lipinski definition) is 1. The quantitative estimate of drug-likeness (QED) is 0.702. The SMILES string of the molecule is OCC1CCCc2c(F)cccc21. The van der Waals surface area contributed by atoms with E-state index in [1.54, 1.807) is 6.07 Å².